The Morgan fingerprint density at radius 2 is 1.92 bits per heavy atom. The summed E-state index contributed by atoms with van der Waals surface area (Å²) in [6, 6.07) is 3.27. The van der Waals surface area contributed by atoms with Crippen LogP contribution >= 0.6 is 0 Å². The van der Waals surface area contributed by atoms with Crippen LogP contribution in [0.1, 0.15) is 44.9 Å². The molecule has 0 saturated heterocycles. The van der Waals surface area contributed by atoms with Gasteiger partial charge in [-0.2, -0.15) is 0 Å². The smallest absolute Gasteiger partial charge is 0.321 e. The van der Waals surface area contributed by atoms with Crippen LogP contribution in [-0.4, -0.2) is 43.2 Å². The third-order valence-corrected chi connectivity index (χ3v) is 5.80. The highest BCUT2D eigenvalue weighted by Crippen LogP contribution is 2.31. The summed E-state index contributed by atoms with van der Waals surface area (Å²) in [5.74, 6) is 0.607. The molecule has 24 heavy (non-hydrogen) atoms. The van der Waals surface area contributed by atoms with E-state index in [0.29, 0.717) is 17.6 Å². The number of hydrogen-bond acceptors (Lipinski definition) is 4. The van der Waals surface area contributed by atoms with Crippen molar-refractivity contribution in [1.82, 2.24) is 9.88 Å². The first kappa shape index (κ1) is 17.2. The van der Waals surface area contributed by atoms with E-state index in [1.54, 1.807) is 6.07 Å². The van der Waals surface area contributed by atoms with Crippen LogP contribution in [0, 0.1) is 5.92 Å². The van der Waals surface area contributed by atoms with Crippen LogP contribution in [-0.2, 0) is 9.84 Å². The van der Waals surface area contributed by atoms with E-state index < -0.39 is 9.84 Å². The Morgan fingerprint density at radius 3 is 2.46 bits per heavy atom. The summed E-state index contributed by atoms with van der Waals surface area (Å²) in [6.45, 7) is 0.825. The van der Waals surface area contributed by atoms with E-state index in [-0.39, 0.29) is 11.1 Å². The predicted octanol–water partition coefficient (Wildman–Crippen LogP) is 3.06. The number of nitrogens with one attached hydrogen (secondary N) is 1. The lowest BCUT2D eigenvalue weighted by molar-refractivity contribution is 0.186. The number of anilines is 1. The highest BCUT2D eigenvalue weighted by molar-refractivity contribution is 7.90. The van der Waals surface area contributed by atoms with E-state index in [1.165, 1.54) is 44.4 Å². The van der Waals surface area contributed by atoms with Gasteiger partial charge in [-0.05, 0) is 43.7 Å². The van der Waals surface area contributed by atoms with E-state index >= 15 is 0 Å². The molecular formula is C17H25N3O3S. The molecule has 0 aliphatic heterocycles. The standard InChI is InChI=1S/C17H25N3O3S/c1-24(22,23)16-10-7-14(11-18-16)19-17(21)20(15-8-9-15)12-13-5-3-2-4-6-13/h7,10-11,13,15H,2-6,8-9,12H2,1H3,(H,19,21). The van der Waals surface area contributed by atoms with Gasteiger partial charge in [0, 0.05) is 18.8 Å². The fourth-order valence-corrected chi connectivity index (χ4v) is 3.86. The number of carbonyl (C=O) groups excluding carboxylic acids is 1. The average molecular weight is 351 g/mol. The summed E-state index contributed by atoms with van der Waals surface area (Å²) < 4.78 is 22.9. The van der Waals surface area contributed by atoms with Gasteiger partial charge in [0.25, 0.3) is 0 Å². The summed E-state index contributed by atoms with van der Waals surface area (Å²) in [5.41, 5.74) is 0.529. The van der Waals surface area contributed by atoms with E-state index in [0.717, 1.165) is 25.6 Å². The second-order valence-corrected chi connectivity index (χ2v) is 8.94. The molecule has 2 fully saturated rings. The molecule has 0 radical (unpaired) electrons. The van der Waals surface area contributed by atoms with Gasteiger partial charge in [-0.1, -0.05) is 19.3 Å². The SMILES string of the molecule is CS(=O)(=O)c1ccc(NC(=O)N(CC2CCCCC2)C2CC2)cn1. The van der Waals surface area contributed by atoms with Gasteiger partial charge in [-0.25, -0.2) is 18.2 Å². The molecule has 1 N–H and O–H groups in total. The Kier molecular flexibility index (Phi) is 5.08. The van der Waals surface area contributed by atoms with Gasteiger partial charge in [0.1, 0.15) is 0 Å². The minimum atomic E-state index is -3.32. The van der Waals surface area contributed by atoms with Crippen molar-refractivity contribution in [2.24, 2.45) is 5.92 Å². The van der Waals surface area contributed by atoms with Crippen LogP contribution in [0.15, 0.2) is 23.4 Å². The number of rotatable bonds is 5. The molecule has 2 aliphatic rings. The second-order valence-electron chi connectivity index (χ2n) is 6.98. The monoisotopic (exact) mass is 351 g/mol. The Bertz CT molecular complexity index is 678. The summed E-state index contributed by atoms with van der Waals surface area (Å²) in [7, 11) is -3.32. The topological polar surface area (TPSA) is 79.4 Å². The van der Waals surface area contributed by atoms with Crippen LogP contribution in [0.3, 0.4) is 0 Å². The molecule has 0 spiro atoms. The van der Waals surface area contributed by atoms with Crippen molar-refractivity contribution in [2.75, 3.05) is 18.1 Å². The van der Waals surface area contributed by atoms with Gasteiger partial charge < -0.3 is 10.2 Å². The quantitative estimate of drug-likeness (QED) is 0.884. The van der Waals surface area contributed by atoms with Crippen molar-refractivity contribution in [2.45, 2.75) is 56.0 Å². The maximum absolute atomic E-state index is 12.6. The van der Waals surface area contributed by atoms with Crippen LogP contribution in [0.4, 0.5) is 10.5 Å². The third-order valence-electron chi connectivity index (χ3n) is 4.80. The number of pyridine rings is 1. The van der Waals surface area contributed by atoms with E-state index in [2.05, 4.69) is 10.3 Å². The van der Waals surface area contributed by atoms with Crippen LogP contribution < -0.4 is 5.32 Å². The maximum Gasteiger partial charge on any atom is 0.322 e. The highest BCUT2D eigenvalue weighted by atomic mass is 32.2. The molecule has 132 valence electrons. The molecule has 0 atom stereocenters. The first-order valence-corrected chi connectivity index (χ1v) is 10.6. The number of amides is 2. The summed E-state index contributed by atoms with van der Waals surface area (Å²) >= 11 is 0. The highest BCUT2D eigenvalue weighted by Gasteiger charge is 2.34. The number of hydrogen-bond donors (Lipinski definition) is 1. The minimum absolute atomic E-state index is 0.0155. The van der Waals surface area contributed by atoms with Gasteiger partial charge >= 0.3 is 6.03 Å². The van der Waals surface area contributed by atoms with Crippen LogP contribution in [0.5, 0.6) is 0 Å². The molecule has 0 unspecified atom stereocenters. The van der Waals surface area contributed by atoms with Gasteiger partial charge in [-0.3, -0.25) is 0 Å². The van der Waals surface area contributed by atoms with E-state index in [1.807, 2.05) is 4.90 Å². The maximum atomic E-state index is 12.6. The molecule has 6 nitrogen and oxygen atoms in total. The molecule has 7 heteroatoms. The Hall–Kier alpha value is -1.63. The number of urea groups is 1. The largest absolute Gasteiger partial charge is 0.322 e. The van der Waals surface area contributed by atoms with Crippen molar-refractivity contribution in [3.8, 4) is 0 Å². The molecule has 1 heterocycles. The molecule has 0 aromatic carbocycles. The molecule has 3 rings (SSSR count). The van der Waals surface area contributed by atoms with Gasteiger partial charge in [0.05, 0.1) is 11.9 Å². The summed E-state index contributed by atoms with van der Waals surface area (Å²) in [6.07, 6.45) is 10.9. The normalized spacial score (nSPS) is 19.0. The third kappa shape index (κ3) is 4.47. The summed E-state index contributed by atoms with van der Waals surface area (Å²) in [4.78, 5) is 18.5. The lowest BCUT2D eigenvalue weighted by atomic mass is 9.89. The summed E-state index contributed by atoms with van der Waals surface area (Å²) in [5, 5.41) is 2.88. The Labute approximate surface area is 143 Å². The number of sulfone groups is 1. The number of carbonyl (C=O) groups is 1. The molecule has 1 aromatic heterocycles. The number of aromatic nitrogens is 1. The average Bonchev–Trinajstić information content (AvgIpc) is 3.38. The van der Waals surface area contributed by atoms with Crippen molar-refractivity contribution >= 4 is 21.6 Å². The lowest BCUT2D eigenvalue weighted by Crippen LogP contribution is -2.40. The molecular weight excluding hydrogens is 326 g/mol. The molecule has 2 amide bonds. The first-order chi connectivity index (χ1) is 11.4. The molecule has 0 bridgehead atoms. The van der Waals surface area contributed by atoms with Gasteiger partial charge in [-0.15, -0.1) is 0 Å². The Balaban J connectivity index is 1.63. The van der Waals surface area contributed by atoms with Crippen LogP contribution in [0.2, 0.25) is 0 Å². The minimum Gasteiger partial charge on any atom is -0.321 e. The molecule has 1 aromatic rings. The lowest BCUT2D eigenvalue weighted by Gasteiger charge is -2.30. The predicted molar refractivity (Wildman–Crippen MR) is 92.7 cm³/mol. The zero-order valence-electron chi connectivity index (χ0n) is 14.1. The van der Waals surface area contributed by atoms with Gasteiger partial charge in [0.2, 0.25) is 0 Å². The Morgan fingerprint density at radius 1 is 1.21 bits per heavy atom. The zero-order valence-corrected chi connectivity index (χ0v) is 14.9. The van der Waals surface area contributed by atoms with E-state index in [9.17, 15) is 13.2 Å². The van der Waals surface area contributed by atoms with E-state index in [4.69, 9.17) is 0 Å². The van der Waals surface area contributed by atoms with Crippen LogP contribution in [0.25, 0.3) is 0 Å². The van der Waals surface area contributed by atoms with Crippen molar-refractivity contribution in [3.05, 3.63) is 18.3 Å². The van der Waals surface area contributed by atoms with Crippen molar-refractivity contribution in [3.63, 3.8) is 0 Å². The first-order valence-electron chi connectivity index (χ1n) is 8.67. The zero-order chi connectivity index (χ0) is 17.2. The fourth-order valence-electron chi connectivity index (χ4n) is 3.30. The number of nitrogens with zero attached hydrogens (tertiary/aromatic N) is 2. The second kappa shape index (κ2) is 7.09. The van der Waals surface area contributed by atoms with Gasteiger partial charge in [0.15, 0.2) is 14.9 Å². The van der Waals surface area contributed by atoms with Crippen molar-refractivity contribution < 1.29 is 13.2 Å². The molecule has 2 aliphatic carbocycles. The van der Waals surface area contributed by atoms with Crippen molar-refractivity contribution in [1.29, 1.82) is 0 Å². The fraction of sp³-hybridized carbons (Fsp3) is 0.647. The molecule has 2 saturated carbocycles.